The van der Waals surface area contributed by atoms with Crippen LogP contribution in [0.2, 0.25) is 0 Å². The fourth-order valence-corrected chi connectivity index (χ4v) is 2.61. The van der Waals surface area contributed by atoms with Gasteiger partial charge in [-0.25, -0.2) is 4.79 Å². The van der Waals surface area contributed by atoms with Gasteiger partial charge >= 0.3 is 6.03 Å². The fraction of sp³-hybridized carbons (Fsp3) is 0.278. The highest BCUT2D eigenvalue weighted by atomic mass is 16.6. The number of para-hydroxylation sites is 2. The first-order valence-corrected chi connectivity index (χ1v) is 8.02. The van der Waals surface area contributed by atoms with Gasteiger partial charge < -0.3 is 15.0 Å². The maximum Gasteiger partial charge on any atom is 0.322 e. The van der Waals surface area contributed by atoms with Crippen LogP contribution in [0.1, 0.15) is 18.4 Å². The molecule has 1 fully saturated rings. The Labute approximate surface area is 145 Å². The topological polar surface area (TPSA) is 84.7 Å². The van der Waals surface area contributed by atoms with Crippen molar-refractivity contribution >= 4 is 17.4 Å². The summed E-state index contributed by atoms with van der Waals surface area (Å²) < 4.78 is 5.14. The molecular formula is C18H19N3O4. The van der Waals surface area contributed by atoms with E-state index < -0.39 is 4.92 Å². The van der Waals surface area contributed by atoms with E-state index >= 15 is 0 Å². The van der Waals surface area contributed by atoms with Gasteiger partial charge in [0, 0.05) is 18.7 Å². The number of nitro groups is 1. The molecule has 0 aliphatic heterocycles. The zero-order valence-corrected chi connectivity index (χ0v) is 13.8. The molecule has 0 radical (unpaired) electrons. The molecule has 25 heavy (non-hydrogen) atoms. The number of nitrogens with one attached hydrogen (secondary N) is 1. The summed E-state index contributed by atoms with van der Waals surface area (Å²) in [4.78, 5) is 25.0. The largest absolute Gasteiger partial charge is 0.497 e. The minimum atomic E-state index is -0.499. The summed E-state index contributed by atoms with van der Waals surface area (Å²) in [6.07, 6.45) is 1.89. The average Bonchev–Trinajstić information content (AvgIpc) is 3.45. The van der Waals surface area contributed by atoms with E-state index in [2.05, 4.69) is 5.32 Å². The van der Waals surface area contributed by atoms with E-state index in [-0.39, 0.29) is 23.4 Å². The van der Waals surface area contributed by atoms with Gasteiger partial charge in [0.15, 0.2) is 0 Å². The van der Waals surface area contributed by atoms with Crippen molar-refractivity contribution < 1.29 is 14.5 Å². The minimum absolute atomic E-state index is 0.115. The van der Waals surface area contributed by atoms with Gasteiger partial charge in [0.25, 0.3) is 5.69 Å². The first-order chi connectivity index (χ1) is 12.1. The molecule has 0 bridgehead atoms. The Morgan fingerprint density at radius 2 is 1.92 bits per heavy atom. The molecule has 7 nitrogen and oxygen atoms in total. The van der Waals surface area contributed by atoms with E-state index in [9.17, 15) is 14.9 Å². The van der Waals surface area contributed by atoms with E-state index in [0.717, 1.165) is 24.2 Å². The second kappa shape index (κ2) is 7.21. The number of methoxy groups -OCH3 is 1. The number of urea groups is 1. The molecule has 0 spiro atoms. The van der Waals surface area contributed by atoms with Gasteiger partial charge in [0.05, 0.1) is 12.0 Å². The number of rotatable bonds is 6. The molecule has 7 heteroatoms. The summed E-state index contributed by atoms with van der Waals surface area (Å²) in [7, 11) is 1.60. The van der Waals surface area contributed by atoms with E-state index in [1.54, 1.807) is 24.1 Å². The van der Waals surface area contributed by atoms with Gasteiger partial charge in [-0.05, 0) is 36.6 Å². The van der Waals surface area contributed by atoms with Crippen LogP contribution in [0.5, 0.6) is 5.75 Å². The maximum absolute atomic E-state index is 12.7. The van der Waals surface area contributed by atoms with Gasteiger partial charge in [-0.1, -0.05) is 24.3 Å². The van der Waals surface area contributed by atoms with Crippen molar-refractivity contribution in [1.82, 2.24) is 4.90 Å². The zero-order chi connectivity index (χ0) is 17.8. The third kappa shape index (κ3) is 4.06. The lowest BCUT2D eigenvalue weighted by molar-refractivity contribution is -0.383. The van der Waals surface area contributed by atoms with Crippen LogP contribution in [0.4, 0.5) is 16.2 Å². The molecule has 130 valence electrons. The van der Waals surface area contributed by atoms with Crippen molar-refractivity contribution in [1.29, 1.82) is 0 Å². The number of amides is 2. The Bertz CT molecular complexity index is 772. The highest BCUT2D eigenvalue weighted by molar-refractivity contribution is 5.92. The summed E-state index contributed by atoms with van der Waals surface area (Å²) >= 11 is 0. The van der Waals surface area contributed by atoms with Crippen molar-refractivity contribution in [3.63, 3.8) is 0 Å². The Morgan fingerprint density at radius 3 is 2.52 bits per heavy atom. The standard InChI is InChI=1S/C18H19N3O4/c1-25-15-10-6-13(7-11-15)12-20(14-8-9-14)18(22)19-16-4-2-3-5-17(16)21(23)24/h2-7,10-11,14H,8-9,12H2,1H3,(H,19,22). The fourth-order valence-electron chi connectivity index (χ4n) is 2.61. The molecular weight excluding hydrogens is 322 g/mol. The van der Waals surface area contributed by atoms with Crippen molar-refractivity contribution in [2.24, 2.45) is 0 Å². The number of nitro benzene ring substituents is 1. The van der Waals surface area contributed by atoms with Crippen LogP contribution < -0.4 is 10.1 Å². The highest BCUT2D eigenvalue weighted by Gasteiger charge is 2.33. The molecule has 1 saturated carbocycles. The van der Waals surface area contributed by atoms with Gasteiger partial charge in [-0.2, -0.15) is 0 Å². The zero-order valence-electron chi connectivity index (χ0n) is 13.8. The van der Waals surface area contributed by atoms with Crippen LogP contribution >= 0.6 is 0 Å². The number of hydrogen-bond acceptors (Lipinski definition) is 4. The molecule has 3 rings (SSSR count). The predicted molar refractivity (Wildman–Crippen MR) is 93.7 cm³/mol. The van der Waals surface area contributed by atoms with Crippen LogP contribution in [-0.4, -0.2) is 29.0 Å². The Kier molecular flexibility index (Phi) is 4.83. The lowest BCUT2D eigenvalue weighted by Crippen LogP contribution is -2.36. The second-order valence-electron chi connectivity index (χ2n) is 5.91. The lowest BCUT2D eigenvalue weighted by Gasteiger charge is -2.23. The number of carbonyl (C=O) groups excluding carboxylic acids is 1. The van der Waals surface area contributed by atoms with E-state index in [1.807, 2.05) is 24.3 Å². The quantitative estimate of drug-likeness (QED) is 0.640. The van der Waals surface area contributed by atoms with Gasteiger partial charge in [-0.15, -0.1) is 0 Å². The van der Waals surface area contributed by atoms with Gasteiger partial charge in [-0.3, -0.25) is 10.1 Å². The lowest BCUT2D eigenvalue weighted by atomic mass is 10.2. The highest BCUT2D eigenvalue weighted by Crippen LogP contribution is 2.30. The molecule has 0 heterocycles. The van der Waals surface area contributed by atoms with Crippen molar-refractivity contribution in [3.05, 3.63) is 64.2 Å². The van der Waals surface area contributed by atoms with E-state index in [4.69, 9.17) is 4.74 Å². The molecule has 0 atom stereocenters. The number of nitrogens with zero attached hydrogens (tertiary/aromatic N) is 2. The first-order valence-electron chi connectivity index (χ1n) is 8.02. The number of hydrogen-bond donors (Lipinski definition) is 1. The van der Waals surface area contributed by atoms with Crippen LogP contribution in [0, 0.1) is 10.1 Å². The Morgan fingerprint density at radius 1 is 1.24 bits per heavy atom. The number of anilines is 1. The molecule has 1 aliphatic rings. The molecule has 0 unspecified atom stereocenters. The Balaban J connectivity index is 1.74. The monoisotopic (exact) mass is 341 g/mol. The maximum atomic E-state index is 12.7. The van der Waals surface area contributed by atoms with Crippen LogP contribution in [-0.2, 0) is 6.54 Å². The summed E-state index contributed by atoms with van der Waals surface area (Å²) in [5.74, 6) is 0.756. The molecule has 2 amide bonds. The molecule has 1 N–H and O–H groups in total. The number of carbonyl (C=O) groups is 1. The van der Waals surface area contributed by atoms with Crippen LogP contribution in [0.3, 0.4) is 0 Å². The SMILES string of the molecule is COc1ccc(CN(C(=O)Nc2ccccc2[N+](=O)[O-])C2CC2)cc1. The summed E-state index contributed by atoms with van der Waals surface area (Å²) in [5, 5.41) is 13.8. The summed E-state index contributed by atoms with van der Waals surface area (Å²) in [6.45, 7) is 0.446. The van der Waals surface area contributed by atoms with Crippen molar-refractivity contribution in [3.8, 4) is 5.75 Å². The first kappa shape index (κ1) is 16.8. The number of ether oxygens (including phenoxy) is 1. The van der Waals surface area contributed by atoms with Gasteiger partial charge in [0.2, 0.25) is 0 Å². The summed E-state index contributed by atoms with van der Waals surface area (Å²) in [5.41, 5.74) is 1.07. The summed E-state index contributed by atoms with van der Waals surface area (Å²) in [6, 6.07) is 13.5. The van der Waals surface area contributed by atoms with E-state index in [1.165, 1.54) is 12.1 Å². The molecule has 0 aromatic heterocycles. The molecule has 2 aromatic carbocycles. The van der Waals surface area contributed by atoms with Crippen LogP contribution in [0.15, 0.2) is 48.5 Å². The molecule has 2 aromatic rings. The molecule has 0 saturated heterocycles. The van der Waals surface area contributed by atoms with Crippen LogP contribution in [0.25, 0.3) is 0 Å². The smallest absolute Gasteiger partial charge is 0.322 e. The number of benzene rings is 2. The second-order valence-corrected chi connectivity index (χ2v) is 5.91. The Hall–Kier alpha value is -3.09. The van der Waals surface area contributed by atoms with Crippen molar-refractivity contribution in [2.45, 2.75) is 25.4 Å². The third-order valence-corrected chi connectivity index (χ3v) is 4.10. The minimum Gasteiger partial charge on any atom is -0.497 e. The normalized spacial score (nSPS) is 13.2. The predicted octanol–water partition coefficient (Wildman–Crippen LogP) is 3.80. The molecule has 1 aliphatic carbocycles. The van der Waals surface area contributed by atoms with E-state index in [0.29, 0.717) is 6.54 Å². The third-order valence-electron chi connectivity index (χ3n) is 4.10. The van der Waals surface area contributed by atoms with Gasteiger partial charge in [0.1, 0.15) is 11.4 Å². The average molecular weight is 341 g/mol. The van der Waals surface area contributed by atoms with Crippen molar-refractivity contribution in [2.75, 3.05) is 12.4 Å².